The molecule has 2 aliphatic rings. The first-order chi connectivity index (χ1) is 13.3. The monoisotopic (exact) mass is 413 g/mol. The van der Waals surface area contributed by atoms with Crippen LogP contribution >= 0.6 is 0 Å². The third-order valence-corrected chi connectivity index (χ3v) is 7.28. The van der Waals surface area contributed by atoms with E-state index in [2.05, 4.69) is 20.2 Å². The van der Waals surface area contributed by atoms with Gasteiger partial charge in [-0.2, -0.15) is 5.10 Å². The number of anilines is 1. The minimum absolute atomic E-state index is 0.0214. The predicted molar refractivity (Wildman–Crippen MR) is 108 cm³/mol. The summed E-state index contributed by atoms with van der Waals surface area (Å²) < 4.78 is 30.5. The average molecular weight is 414 g/mol. The summed E-state index contributed by atoms with van der Waals surface area (Å²) in [6.07, 6.45) is 0.635. The van der Waals surface area contributed by atoms with Gasteiger partial charge in [-0.3, -0.25) is 14.4 Å². The van der Waals surface area contributed by atoms with E-state index in [-0.39, 0.29) is 23.5 Å². The molecule has 0 aliphatic carbocycles. The van der Waals surface area contributed by atoms with Crippen LogP contribution in [0, 0.1) is 13.8 Å². The lowest BCUT2D eigenvalue weighted by Gasteiger charge is -2.35. The van der Waals surface area contributed by atoms with Crippen LogP contribution < -0.4 is 10.2 Å². The molecule has 2 aliphatic heterocycles. The molecule has 2 fully saturated rings. The molecule has 28 heavy (non-hydrogen) atoms. The average Bonchev–Trinajstić information content (AvgIpc) is 3.14. The molecular formula is C18H31N5O4S. The van der Waals surface area contributed by atoms with Gasteiger partial charge in [0.15, 0.2) is 9.84 Å². The Morgan fingerprint density at radius 2 is 1.96 bits per heavy atom. The van der Waals surface area contributed by atoms with Crippen LogP contribution in [-0.4, -0.2) is 93.5 Å². The number of nitrogens with one attached hydrogen (secondary N) is 1. The van der Waals surface area contributed by atoms with Crippen molar-refractivity contribution >= 4 is 21.4 Å². The number of carbonyl (C=O) groups is 1. The van der Waals surface area contributed by atoms with E-state index in [0.29, 0.717) is 26.1 Å². The van der Waals surface area contributed by atoms with E-state index in [0.717, 1.165) is 43.3 Å². The lowest BCUT2D eigenvalue weighted by atomic mass is 10.2. The lowest BCUT2D eigenvalue weighted by molar-refractivity contribution is -0.122. The molecule has 0 bridgehead atoms. The number of hydrogen-bond donors (Lipinski definition) is 1. The Balaban J connectivity index is 1.58. The first-order valence-corrected chi connectivity index (χ1v) is 11.6. The maximum atomic E-state index is 12.0. The van der Waals surface area contributed by atoms with Gasteiger partial charge < -0.3 is 15.0 Å². The Morgan fingerprint density at radius 3 is 2.57 bits per heavy atom. The van der Waals surface area contributed by atoms with Crippen LogP contribution in [0.15, 0.2) is 0 Å². The van der Waals surface area contributed by atoms with Crippen LogP contribution in [-0.2, 0) is 19.4 Å². The molecule has 3 heterocycles. The second-order valence-corrected chi connectivity index (χ2v) is 9.86. The molecule has 0 saturated carbocycles. The molecule has 1 N–H and O–H groups in total. The van der Waals surface area contributed by atoms with Crippen molar-refractivity contribution in [1.29, 1.82) is 0 Å². The van der Waals surface area contributed by atoms with Crippen molar-refractivity contribution in [3.05, 3.63) is 11.4 Å². The highest BCUT2D eigenvalue weighted by molar-refractivity contribution is 7.91. The molecule has 1 aromatic heterocycles. The number of aryl methyl sites for hydroxylation is 1. The molecule has 1 amide bonds. The maximum Gasteiger partial charge on any atom is 0.234 e. The van der Waals surface area contributed by atoms with Gasteiger partial charge in [0.25, 0.3) is 0 Å². The first-order valence-electron chi connectivity index (χ1n) is 9.80. The molecule has 9 nitrogen and oxygen atoms in total. The summed E-state index contributed by atoms with van der Waals surface area (Å²) in [7, 11) is -1.33. The molecule has 1 unspecified atom stereocenters. The van der Waals surface area contributed by atoms with Crippen molar-refractivity contribution in [1.82, 2.24) is 20.0 Å². The molecule has 1 aromatic rings. The van der Waals surface area contributed by atoms with Gasteiger partial charge >= 0.3 is 0 Å². The van der Waals surface area contributed by atoms with E-state index in [4.69, 9.17) is 4.74 Å². The fourth-order valence-electron chi connectivity index (χ4n) is 4.12. The minimum atomic E-state index is -2.94. The summed E-state index contributed by atoms with van der Waals surface area (Å²) in [6, 6.07) is -0.0606. The van der Waals surface area contributed by atoms with Gasteiger partial charge in [-0.1, -0.05) is 0 Å². The number of piperazine rings is 1. The Hall–Kier alpha value is -1.65. The fraction of sp³-hybridized carbons (Fsp3) is 0.778. The highest BCUT2D eigenvalue weighted by Gasteiger charge is 2.32. The quantitative estimate of drug-likeness (QED) is 0.616. The van der Waals surface area contributed by atoms with Crippen LogP contribution in [0.5, 0.6) is 0 Å². The number of methoxy groups -OCH3 is 1. The highest BCUT2D eigenvalue weighted by Crippen LogP contribution is 2.31. The second kappa shape index (κ2) is 8.79. The van der Waals surface area contributed by atoms with E-state index in [9.17, 15) is 13.2 Å². The topological polar surface area (TPSA) is 96.8 Å². The Morgan fingerprint density at radius 1 is 1.25 bits per heavy atom. The molecule has 0 spiro atoms. The maximum absolute atomic E-state index is 12.0. The van der Waals surface area contributed by atoms with E-state index < -0.39 is 9.84 Å². The molecular weight excluding hydrogens is 382 g/mol. The number of aromatic nitrogens is 2. The zero-order valence-corrected chi connectivity index (χ0v) is 17.8. The Labute approximate surface area is 166 Å². The summed E-state index contributed by atoms with van der Waals surface area (Å²) in [5, 5.41) is 7.51. The summed E-state index contributed by atoms with van der Waals surface area (Å²) >= 11 is 0. The van der Waals surface area contributed by atoms with Crippen molar-refractivity contribution in [3.63, 3.8) is 0 Å². The van der Waals surface area contributed by atoms with Crippen molar-refractivity contribution in [2.24, 2.45) is 0 Å². The van der Waals surface area contributed by atoms with Crippen molar-refractivity contribution < 1.29 is 17.9 Å². The van der Waals surface area contributed by atoms with Crippen molar-refractivity contribution in [3.8, 4) is 0 Å². The molecule has 1 atom stereocenters. The number of hydrogen-bond acceptors (Lipinski definition) is 7. The number of rotatable bonds is 7. The third kappa shape index (κ3) is 4.84. The number of ether oxygens (including phenoxy) is 1. The smallest absolute Gasteiger partial charge is 0.234 e. The number of sulfone groups is 1. The zero-order valence-electron chi connectivity index (χ0n) is 17.0. The zero-order chi connectivity index (χ0) is 20.3. The van der Waals surface area contributed by atoms with Gasteiger partial charge in [-0.05, 0) is 20.3 Å². The van der Waals surface area contributed by atoms with Crippen LogP contribution in [0.1, 0.15) is 23.9 Å². The molecule has 158 valence electrons. The summed E-state index contributed by atoms with van der Waals surface area (Å²) in [4.78, 5) is 16.4. The third-order valence-electron chi connectivity index (χ3n) is 5.53. The van der Waals surface area contributed by atoms with E-state index in [1.165, 1.54) is 0 Å². The summed E-state index contributed by atoms with van der Waals surface area (Å²) in [5.74, 6) is 0.449. The largest absolute Gasteiger partial charge is 0.383 e. The first kappa shape index (κ1) is 21.1. The van der Waals surface area contributed by atoms with E-state index in [1.54, 1.807) is 7.11 Å². The van der Waals surface area contributed by atoms with Crippen LogP contribution in [0.3, 0.4) is 0 Å². The van der Waals surface area contributed by atoms with Gasteiger partial charge in [-0.15, -0.1) is 0 Å². The van der Waals surface area contributed by atoms with Crippen LogP contribution in [0.4, 0.5) is 5.69 Å². The Bertz CT molecular complexity index is 799. The Kier molecular flexibility index (Phi) is 6.61. The van der Waals surface area contributed by atoms with Gasteiger partial charge in [0.05, 0.1) is 47.8 Å². The fourth-order valence-corrected chi connectivity index (χ4v) is 5.81. The highest BCUT2D eigenvalue weighted by atomic mass is 32.2. The van der Waals surface area contributed by atoms with Crippen LogP contribution in [0.25, 0.3) is 0 Å². The molecule has 10 heteroatoms. The number of amides is 1. The van der Waals surface area contributed by atoms with Crippen LogP contribution in [0.2, 0.25) is 0 Å². The minimum Gasteiger partial charge on any atom is -0.383 e. The van der Waals surface area contributed by atoms with Gasteiger partial charge in [-0.25, -0.2) is 8.42 Å². The molecule has 0 radical (unpaired) electrons. The SMILES string of the molecule is COCCNC(=O)CN1CCN(c2c(C)nn(C3CCS(=O)(=O)C3)c2C)CC1. The second-order valence-electron chi connectivity index (χ2n) is 7.63. The van der Waals surface area contributed by atoms with Gasteiger partial charge in [0, 0.05) is 39.8 Å². The van der Waals surface area contributed by atoms with Crippen molar-refractivity contribution in [2.45, 2.75) is 26.3 Å². The van der Waals surface area contributed by atoms with E-state index in [1.807, 2.05) is 18.5 Å². The summed E-state index contributed by atoms with van der Waals surface area (Å²) in [5.41, 5.74) is 3.08. The normalized spacial score (nSPS) is 22.5. The lowest BCUT2D eigenvalue weighted by Crippen LogP contribution is -2.50. The number of nitrogens with zero attached hydrogens (tertiary/aromatic N) is 4. The molecule has 2 saturated heterocycles. The standard InChI is InChI=1S/C18H31N5O4S/c1-14-18(15(2)23(20-14)16-4-11-28(25,26)13-16)22-8-6-21(7-9-22)12-17(24)19-5-10-27-3/h16H,4-13H2,1-3H3,(H,19,24). The van der Waals surface area contributed by atoms with Crippen molar-refractivity contribution in [2.75, 3.05) is 69.4 Å². The summed E-state index contributed by atoms with van der Waals surface area (Å²) in [6.45, 7) is 8.71. The molecule has 3 rings (SSSR count). The molecule has 0 aromatic carbocycles. The van der Waals surface area contributed by atoms with Gasteiger partial charge in [0.2, 0.25) is 5.91 Å². The van der Waals surface area contributed by atoms with E-state index >= 15 is 0 Å². The predicted octanol–water partition coefficient (Wildman–Crippen LogP) is -0.256. The number of carbonyl (C=O) groups excluding carboxylic acids is 1. The van der Waals surface area contributed by atoms with Gasteiger partial charge in [0.1, 0.15) is 0 Å².